The first-order valence-corrected chi connectivity index (χ1v) is 4.91. The van der Waals surface area contributed by atoms with Gasteiger partial charge in [-0.3, -0.25) is 0 Å². The Morgan fingerprint density at radius 2 is 1.88 bits per heavy atom. The van der Waals surface area contributed by atoms with Gasteiger partial charge in [0.25, 0.3) is 0 Å². The summed E-state index contributed by atoms with van der Waals surface area (Å²) in [5.41, 5.74) is 4.95. The lowest BCUT2D eigenvalue weighted by molar-refractivity contribution is 0.0686. The molecule has 0 amide bonds. The fourth-order valence-electron chi connectivity index (χ4n) is 1.68. The second kappa shape index (κ2) is 3.52. The Labute approximate surface area is 90.9 Å². The maximum absolute atomic E-state index is 13.3. The molecule has 0 bridgehead atoms. The van der Waals surface area contributed by atoms with Crippen LogP contribution in [-0.4, -0.2) is 16.6 Å². The van der Waals surface area contributed by atoms with Gasteiger partial charge >= 0.3 is 5.97 Å². The molecule has 0 saturated heterocycles. The maximum atomic E-state index is 13.3. The van der Waals surface area contributed by atoms with Gasteiger partial charge in [0.05, 0.1) is 0 Å². The smallest absolute Gasteiger partial charge is 0.341 e. The van der Waals surface area contributed by atoms with E-state index in [0.717, 1.165) is 25.0 Å². The van der Waals surface area contributed by atoms with Crippen molar-refractivity contribution in [3.63, 3.8) is 0 Å². The summed E-state index contributed by atoms with van der Waals surface area (Å²) in [5.74, 6) is -3.70. The normalized spacial score (nSPS) is 17.2. The highest BCUT2D eigenvalue weighted by molar-refractivity contribution is 5.88. The van der Waals surface area contributed by atoms with Crippen LogP contribution < -0.4 is 5.73 Å². The molecule has 16 heavy (non-hydrogen) atoms. The number of aromatic carboxylic acids is 1. The summed E-state index contributed by atoms with van der Waals surface area (Å²) in [4.78, 5) is 10.5. The molecule has 0 aliphatic heterocycles. The first kappa shape index (κ1) is 11.0. The lowest BCUT2D eigenvalue weighted by Gasteiger charge is -2.09. The van der Waals surface area contributed by atoms with Crippen LogP contribution in [-0.2, 0) is 6.42 Å². The van der Waals surface area contributed by atoms with Gasteiger partial charge < -0.3 is 10.8 Å². The van der Waals surface area contributed by atoms with Gasteiger partial charge in [-0.25, -0.2) is 13.6 Å². The lowest BCUT2D eigenvalue weighted by Crippen LogP contribution is -2.24. The molecule has 0 unspecified atom stereocenters. The van der Waals surface area contributed by atoms with Crippen molar-refractivity contribution in [2.24, 2.45) is 5.73 Å². The number of benzene rings is 1. The van der Waals surface area contributed by atoms with Gasteiger partial charge in [-0.05, 0) is 37.0 Å². The Bertz CT molecular complexity index is 432. The molecule has 3 nitrogen and oxygen atoms in total. The molecule has 0 spiro atoms. The third-order valence-electron chi connectivity index (χ3n) is 2.76. The topological polar surface area (TPSA) is 63.3 Å². The van der Waals surface area contributed by atoms with E-state index in [4.69, 9.17) is 10.8 Å². The molecule has 1 aliphatic rings. The summed E-state index contributed by atoms with van der Waals surface area (Å²) < 4.78 is 26.6. The van der Waals surface area contributed by atoms with Crippen molar-refractivity contribution in [2.45, 2.75) is 24.8 Å². The highest BCUT2D eigenvalue weighted by Crippen LogP contribution is 2.36. The number of hydrogen-bond acceptors (Lipinski definition) is 2. The minimum Gasteiger partial charge on any atom is -0.477 e. The van der Waals surface area contributed by atoms with Crippen LogP contribution in [0.3, 0.4) is 0 Å². The van der Waals surface area contributed by atoms with Crippen LogP contribution in [0.2, 0.25) is 0 Å². The minimum atomic E-state index is -1.60. The van der Waals surface area contributed by atoms with Gasteiger partial charge in [0, 0.05) is 5.54 Å². The van der Waals surface area contributed by atoms with Crippen LogP contribution in [0.4, 0.5) is 8.78 Å². The first-order chi connectivity index (χ1) is 7.41. The van der Waals surface area contributed by atoms with Crippen LogP contribution in [0.25, 0.3) is 0 Å². The fraction of sp³-hybridized carbons (Fsp3) is 0.364. The molecular weight excluding hydrogens is 216 g/mol. The minimum absolute atomic E-state index is 0.358. The number of carboxylic acid groups (broad SMARTS) is 1. The van der Waals surface area contributed by atoms with E-state index < -0.39 is 23.2 Å². The van der Waals surface area contributed by atoms with Crippen molar-refractivity contribution >= 4 is 5.97 Å². The van der Waals surface area contributed by atoms with Crippen LogP contribution in [0.1, 0.15) is 28.8 Å². The molecule has 0 heterocycles. The predicted octanol–water partition coefficient (Wildman–Crippen LogP) is 1.70. The zero-order valence-corrected chi connectivity index (χ0v) is 8.46. The Hall–Kier alpha value is -1.49. The Kier molecular flexibility index (Phi) is 2.42. The Morgan fingerprint density at radius 1 is 1.38 bits per heavy atom. The van der Waals surface area contributed by atoms with Gasteiger partial charge in [-0.15, -0.1) is 0 Å². The molecule has 0 aromatic heterocycles. The zero-order valence-electron chi connectivity index (χ0n) is 8.46. The number of hydrogen-bond donors (Lipinski definition) is 2. The highest BCUT2D eigenvalue weighted by atomic mass is 19.1. The summed E-state index contributed by atoms with van der Waals surface area (Å²) in [6.07, 6.45) is 2.04. The molecule has 1 aromatic rings. The molecule has 1 aliphatic carbocycles. The second-order valence-electron chi connectivity index (χ2n) is 4.28. The fourth-order valence-corrected chi connectivity index (χ4v) is 1.68. The Balaban J connectivity index is 2.33. The van der Waals surface area contributed by atoms with Gasteiger partial charge in [0.2, 0.25) is 0 Å². The third kappa shape index (κ3) is 2.04. The SMILES string of the molecule is NC1(Cc2cc(F)c(C(=O)O)c(F)c2)CC1. The first-order valence-electron chi connectivity index (χ1n) is 4.91. The average molecular weight is 227 g/mol. The standard InChI is InChI=1S/C11H11F2NO2/c12-7-3-6(5-11(14)1-2-11)4-8(13)9(7)10(15)16/h3-4H,1-2,5,14H2,(H,15,16). The van der Waals surface area contributed by atoms with E-state index in [2.05, 4.69) is 0 Å². The van der Waals surface area contributed by atoms with Gasteiger partial charge in [-0.1, -0.05) is 0 Å². The van der Waals surface area contributed by atoms with E-state index >= 15 is 0 Å². The monoisotopic (exact) mass is 227 g/mol. The second-order valence-corrected chi connectivity index (χ2v) is 4.28. The van der Waals surface area contributed by atoms with E-state index in [1.807, 2.05) is 0 Å². The molecule has 0 atom stereocenters. The van der Waals surface area contributed by atoms with Gasteiger partial charge in [0.1, 0.15) is 17.2 Å². The van der Waals surface area contributed by atoms with E-state index in [9.17, 15) is 13.6 Å². The largest absolute Gasteiger partial charge is 0.477 e. The van der Waals surface area contributed by atoms with E-state index in [1.165, 1.54) is 0 Å². The summed E-state index contributed by atoms with van der Waals surface area (Å²) in [5, 5.41) is 8.58. The third-order valence-corrected chi connectivity index (χ3v) is 2.76. The summed E-state index contributed by atoms with van der Waals surface area (Å²) in [6.45, 7) is 0. The summed E-state index contributed by atoms with van der Waals surface area (Å²) >= 11 is 0. The average Bonchev–Trinajstić information content (AvgIpc) is 2.80. The molecule has 1 aromatic carbocycles. The van der Waals surface area contributed by atoms with Crippen molar-refractivity contribution < 1.29 is 18.7 Å². The Morgan fingerprint density at radius 3 is 2.25 bits per heavy atom. The number of rotatable bonds is 3. The molecule has 86 valence electrons. The van der Waals surface area contributed by atoms with Gasteiger partial charge in [-0.2, -0.15) is 0 Å². The number of nitrogens with two attached hydrogens (primary N) is 1. The summed E-state index contributed by atoms with van der Waals surface area (Å²) in [7, 11) is 0. The molecule has 2 rings (SSSR count). The van der Waals surface area contributed by atoms with Gasteiger partial charge in [0.15, 0.2) is 0 Å². The maximum Gasteiger partial charge on any atom is 0.341 e. The van der Waals surface area contributed by atoms with E-state index in [0.29, 0.717) is 12.0 Å². The predicted molar refractivity (Wildman–Crippen MR) is 53.2 cm³/mol. The zero-order chi connectivity index (χ0) is 11.9. The van der Waals surface area contributed by atoms with Crippen molar-refractivity contribution in [1.82, 2.24) is 0 Å². The number of halogens is 2. The van der Waals surface area contributed by atoms with E-state index in [-0.39, 0.29) is 5.54 Å². The molecule has 3 N–H and O–H groups in total. The molecular formula is C11H11F2NO2. The molecule has 0 radical (unpaired) electrons. The van der Waals surface area contributed by atoms with Crippen LogP contribution in [0, 0.1) is 11.6 Å². The highest BCUT2D eigenvalue weighted by Gasteiger charge is 2.38. The molecule has 1 saturated carbocycles. The number of carboxylic acids is 1. The van der Waals surface area contributed by atoms with Crippen LogP contribution in [0.5, 0.6) is 0 Å². The molecule has 1 fully saturated rings. The van der Waals surface area contributed by atoms with Crippen molar-refractivity contribution in [3.8, 4) is 0 Å². The quantitative estimate of drug-likeness (QED) is 0.826. The van der Waals surface area contributed by atoms with Crippen molar-refractivity contribution in [3.05, 3.63) is 34.9 Å². The lowest BCUT2D eigenvalue weighted by atomic mass is 10.0. The van der Waals surface area contributed by atoms with Crippen LogP contribution >= 0.6 is 0 Å². The summed E-state index contributed by atoms with van der Waals surface area (Å²) in [6, 6.07) is 2.08. The van der Waals surface area contributed by atoms with Crippen molar-refractivity contribution in [1.29, 1.82) is 0 Å². The molecule has 5 heteroatoms. The van der Waals surface area contributed by atoms with Crippen molar-refractivity contribution in [2.75, 3.05) is 0 Å². The number of carbonyl (C=O) groups is 1. The van der Waals surface area contributed by atoms with Crippen LogP contribution in [0.15, 0.2) is 12.1 Å². The van der Waals surface area contributed by atoms with E-state index in [1.54, 1.807) is 0 Å².